The van der Waals surface area contributed by atoms with Crippen LogP contribution in [0.3, 0.4) is 0 Å². The standard InChI is InChI=1S/C27H14ClFN4O3/c28-16-5-3-4-15(12-16)20-21-23(18-6-1-2-7-19(18)35-27(21)34)36-26-22(20)25-31-24(32-33(25)13-30-26)14-8-10-17(29)11-9-14/h1-13,20H. The van der Waals surface area contributed by atoms with Gasteiger partial charge in [0, 0.05) is 10.6 Å². The largest absolute Gasteiger partial charge is 0.437 e. The second-order valence-electron chi connectivity index (χ2n) is 8.39. The summed E-state index contributed by atoms with van der Waals surface area (Å²) >= 11 is 6.36. The third-order valence-electron chi connectivity index (χ3n) is 6.25. The number of hydrogen-bond acceptors (Lipinski definition) is 6. The van der Waals surface area contributed by atoms with Gasteiger partial charge < -0.3 is 9.15 Å². The lowest BCUT2D eigenvalue weighted by atomic mass is 9.84. The number of nitrogens with zero attached hydrogens (tertiary/aromatic N) is 4. The maximum Gasteiger partial charge on any atom is 0.344 e. The molecule has 0 N–H and O–H groups in total. The number of aromatic nitrogens is 4. The Morgan fingerprint density at radius 2 is 1.81 bits per heavy atom. The predicted octanol–water partition coefficient (Wildman–Crippen LogP) is 5.98. The van der Waals surface area contributed by atoms with Crippen LogP contribution in [0.2, 0.25) is 5.02 Å². The van der Waals surface area contributed by atoms with Crippen LogP contribution in [-0.4, -0.2) is 19.6 Å². The predicted molar refractivity (Wildman–Crippen MR) is 131 cm³/mol. The fourth-order valence-corrected chi connectivity index (χ4v) is 4.87. The summed E-state index contributed by atoms with van der Waals surface area (Å²) in [4.78, 5) is 22.6. The molecule has 0 amide bonds. The molecule has 36 heavy (non-hydrogen) atoms. The second kappa shape index (κ2) is 7.73. The summed E-state index contributed by atoms with van der Waals surface area (Å²) in [5.74, 6) is 0.0749. The van der Waals surface area contributed by atoms with Gasteiger partial charge in [0.25, 0.3) is 0 Å². The third kappa shape index (κ3) is 3.11. The van der Waals surface area contributed by atoms with Gasteiger partial charge in [-0.05, 0) is 54.1 Å². The fraction of sp³-hybridized carbons (Fsp3) is 0.0370. The van der Waals surface area contributed by atoms with E-state index in [1.807, 2.05) is 24.3 Å². The molecule has 1 unspecified atom stereocenters. The summed E-state index contributed by atoms with van der Waals surface area (Å²) in [6.45, 7) is 0. The molecule has 7 nitrogen and oxygen atoms in total. The van der Waals surface area contributed by atoms with Gasteiger partial charge in [0.05, 0.1) is 22.4 Å². The Morgan fingerprint density at radius 1 is 0.972 bits per heavy atom. The zero-order chi connectivity index (χ0) is 24.4. The summed E-state index contributed by atoms with van der Waals surface area (Å²) in [5.41, 5.74) is 2.59. The van der Waals surface area contributed by atoms with Crippen molar-refractivity contribution >= 4 is 28.2 Å². The van der Waals surface area contributed by atoms with E-state index in [1.54, 1.807) is 36.4 Å². The van der Waals surface area contributed by atoms with Crippen molar-refractivity contribution in [2.45, 2.75) is 5.92 Å². The van der Waals surface area contributed by atoms with Crippen molar-refractivity contribution in [1.29, 1.82) is 0 Å². The Hall–Kier alpha value is -4.56. The zero-order valence-corrected chi connectivity index (χ0v) is 19.1. The maximum absolute atomic E-state index is 13.5. The van der Waals surface area contributed by atoms with Gasteiger partial charge in [-0.1, -0.05) is 35.9 Å². The van der Waals surface area contributed by atoms with Gasteiger partial charge in [-0.25, -0.2) is 23.7 Å². The molecular formula is C27H14ClFN4O3. The van der Waals surface area contributed by atoms with E-state index in [0.717, 1.165) is 5.56 Å². The summed E-state index contributed by atoms with van der Waals surface area (Å²) in [7, 11) is 0. The van der Waals surface area contributed by atoms with Crippen molar-refractivity contribution in [2.24, 2.45) is 0 Å². The number of hydrogen-bond donors (Lipinski definition) is 0. The van der Waals surface area contributed by atoms with E-state index in [0.29, 0.717) is 55.8 Å². The molecule has 0 spiro atoms. The molecule has 3 aromatic heterocycles. The molecule has 0 saturated heterocycles. The Morgan fingerprint density at radius 3 is 2.64 bits per heavy atom. The van der Waals surface area contributed by atoms with E-state index >= 15 is 0 Å². The van der Waals surface area contributed by atoms with E-state index < -0.39 is 11.5 Å². The summed E-state index contributed by atoms with van der Waals surface area (Å²) in [6, 6.07) is 20.3. The first-order chi connectivity index (χ1) is 17.6. The van der Waals surface area contributed by atoms with Crippen LogP contribution in [-0.2, 0) is 0 Å². The van der Waals surface area contributed by atoms with E-state index in [9.17, 15) is 9.18 Å². The number of ether oxygens (including phenoxy) is 1. The molecule has 0 aliphatic carbocycles. The average Bonchev–Trinajstić information content (AvgIpc) is 3.33. The number of para-hydroxylation sites is 1. The molecule has 1 aliphatic heterocycles. The van der Waals surface area contributed by atoms with E-state index in [4.69, 9.17) is 25.7 Å². The minimum Gasteiger partial charge on any atom is -0.437 e. The first-order valence-electron chi connectivity index (χ1n) is 11.1. The zero-order valence-electron chi connectivity index (χ0n) is 18.4. The molecule has 0 radical (unpaired) electrons. The van der Waals surface area contributed by atoms with Crippen molar-refractivity contribution in [3.63, 3.8) is 0 Å². The van der Waals surface area contributed by atoms with Crippen LogP contribution in [0.4, 0.5) is 4.39 Å². The maximum atomic E-state index is 13.5. The highest BCUT2D eigenvalue weighted by atomic mass is 35.5. The van der Waals surface area contributed by atoms with E-state index in [-0.39, 0.29) is 5.82 Å². The van der Waals surface area contributed by atoms with E-state index in [1.165, 1.54) is 23.0 Å². The van der Waals surface area contributed by atoms with Crippen molar-refractivity contribution < 1.29 is 13.5 Å². The molecule has 1 aliphatic rings. The molecular weight excluding hydrogens is 483 g/mol. The molecule has 174 valence electrons. The minimum absolute atomic E-state index is 0.300. The molecule has 3 aromatic carbocycles. The molecule has 0 saturated carbocycles. The van der Waals surface area contributed by atoms with Crippen LogP contribution < -0.4 is 10.4 Å². The van der Waals surface area contributed by atoms with Crippen LogP contribution in [0.15, 0.2) is 88.3 Å². The lowest BCUT2D eigenvalue weighted by Gasteiger charge is -2.27. The highest BCUT2D eigenvalue weighted by molar-refractivity contribution is 6.30. The van der Waals surface area contributed by atoms with Crippen molar-refractivity contribution in [1.82, 2.24) is 19.6 Å². The topological polar surface area (TPSA) is 82.5 Å². The molecule has 0 fully saturated rings. The van der Waals surface area contributed by atoms with Crippen molar-refractivity contribution in [2.75, 3.05) is 0 Å². The Balaban J connectivity index is 1.55. The SMILES string of the molecule is O=c1oc2ccccc2c2c1C(c1cccc(Cl)c1)c1c(ncn3nc(-c4ccc(F)cc4)nc13)O2. The van der Waals surface area contributed by atoms with Gasteiger partial charge in [0.1, 0.15) is 17.7 Å². The average molecular weight is 497 g/mol. The normalized spacial score (nSPS) is 14.4. The molecule has 7 rings (SSSR count). The number of fused-ring (bicyclic) bond motifs is 6. The van der Waals surface area contributed by atoms with Crippen LogP contribution in [0.1, 0.15) is 22.6 Å². The van der Waals surface area contributed by atoms with Gasteiger partial charge >= 0.3 is 5.63 Å². The highest BCUT2D eigenvalue weighted by Crippen LogP contribution is 2.49. The van der Waals surface area contributed by atoms with Crippen LogP contribution in [0.5, 0.6) is 11.6 Å². The Bertz CT molecular complexity index is 1880. The molecule has 4 heterocycles. The first kappa shape index (κ1) is 20.8. The summed E-state index contributed by atoms with van der Waals surface area (Å²) in [5, 5.41) is 5.70. The van der Waals surface area contributed by atoms with Gasteiger partial charge in [0.15, 0.2) is 17.2 Å². The monoisotopic (exact) mass is 496 g/mol. The van der Waals surface area contributed by atoms with Gasteiger partial charge in [0.2, 0.25) is 5.88 Å². The molecule has 0 bridgehead atoms. The van der Waals surface area contributed by atoms with Gasteiger partial charge in [-0.15, -0.1) is 5.10 Å². The van der Waals surface area contributed by atoms with Gasteiger partial charge in [-0.2, -0.15) is 0 Å². The lowest BCUT2D eigenvalue weighted by Crippen LogP contribution is -2.22. The van der Waals surface area contributed by atoms with Gasteiger partial charge in [-0.3, -0.25) is 0 Å². The molecule has 6 aromatic rings. The second-order valence-corrected chi connectivity index (χ2v) is 8.83. The van der Waals surface area contributed by atoms with E-state index in [2.05, 4.69) is 10.1 Å². The number of halogens is 2. The van der Waals surface area contributed by atoms with Crippen LogP contribution >= 0.6 is 11.6 Å². The lowest BCUT2D eigenvalue weighted by molar-refractivity contribution is 0.422. The highest BCUT2D eigenvalue weighted by Gasteiger charge is 2.37. The molecule has 9 heteroatoms. The van der Waals surface area contributed by atoms with Crippen molar-refractivity contribution in [3.8, 4) is 23.0 Å². The number of rotatable bonds is 2. The summed E-state index contributed by atoms with van der Waals surface area (Å²) < 4.78 is 26.9. The van der Waals surface area contributed by atoms with Crippen LogP contribution in [0, 0.1) is 5.82 Å². The Kier molecular flexibility index (Phi) is 4.46. The van der Waals surface area contributed by atoms with Crippen LogP contribution in [0.25, 0.3) is 28.0 Å². The smallest absolute Gasteiger partial charge is 0.344 e. The Labute approximate surface area is 207 Å². The van der Waals surface area contributed by atoms with Crippen molar-refractivity contribution in [3.05, 3.63) is 117 Å². The number of benzene rings is 3. The fourth-order valence-electron chi connectivity index (χ4n) is 4.67. The third-order valence-corrected chi connectivity index (χ3v) is 6.48. The first-order valence-corrected chi connectivity index (χ1v) is 11.4. The summed E-state index contributed by atoms with van der Waals surface area (Å²) in [6.07, 6.45) is 1.50. The molecule has 1 atom stereocenters. The minimum atomic E-state index is -0.634. The quantitative estimate of drug-likeness (QED) is 0.274.